The van der Waals surface area contributed by atoms with E-state index < -0.39 is 22.9 Å². The van der Waals surface area contributed by atoms with Crippen LogP contribution in [0.4, 0.5) is 5.69 Å². The number of nitro groups is 1. The van der Waals surface area contributed by atoms with E-state index in [0.717, 1.165) is 30.6 Å². The van der Waals surface area contributed by atoms with Crippen molar-refractivity contribution < 1.29 is 19.2 Å². The van der Waals surface area contributed by atoms with Crippen LogP contribution < -0.4 is 10.1 Å². The third kappa shape index (κ3) is 4.44. The summed E-state index contributed by atoms with van der Waals surface area (Å²) < 4.78 is 5.49. The van der Waals surface area contributed by atoms with Crippen LogP contribution in [0.2, 0.25) is 0 Å². The third-order valence-corrected chi connectivity index (χ3v) is 5.57. The van der Waals surface area contributed by atoms with Gasteiger partial charge in [0.25, 0.3) is 17.5 Å². The Labute approximate surface area is 181 Å². The molecule has 2 aromatic carbocycles. The molecule has 1 N–H and O–H groups in total. The highest BCUT2D eigenvalue weighted by molar-refractivity contribution is 6.21. The van der Waals surface area contributed by atoms with Gasteiger partial charge < -0.3 is 4.74 Å². The number of hydrogen-bond acceptors (Lipinski definition) is 6. The van der Waals surface area contributed by atoms with Crippen molar-refractivity contribution in [2.45, 2.75) is 51.7 Å². The second kappa shape index (κ2) is 9.70. The van der Waals surface area contributed by atoms with Gasteiger partial charge in [-0.15, -0.1) is 0 Å². The number of carbonyl (C=O) groups is 2. The second-order valence-corrected chi connectivity index (χ2v) is 7.49. The summed E-state index contributed by atoms with van der Waals surface area (Å²) in [6, 6.07) is 11.3. The summed E-state index contributed by atoms with van der Waals surface area (Å²) in [5, 5.41) is 14.6. The predicted octanol–water partition coefficient (Wildman–Crippen LogP) is 4.46. The maximum Gasteiger partial charge on any atom is 0.270 e. The summed E-state index contributed by atoms with van der Waals surface area (Å²) in [6.45, 7) is 4.06. The van der Waals surface area contributed by atoms with Crippen molar-refractivity contribution in [3.63, 3.8) is 0 Å². The number of nitrogens with one attached hydrogen (secondary N) is 1. The fourth-order valence-corrected chi connectivity index (χ4v) is 3.94. The molecule has 31 heavy (non-hydrogen) atoms. The van der Waals surface area contributed by atoms with E-state index in [1.807, 2.05) is 38.1 Å². The van der Waals surface area contributed by atoms with Crippen LogP contribution in [0.25, 0.3) is 0 Å². The molecule has 2 aromatic rings. The van der Waals surface area contributed by atoms with E-state index >= 15 is 0 Å². The van der Waals surface area contributed by atoms with E-state index in [0.29, 0.717) is 6.42 Å². The molecule has 0 bridgehead atoms. The van der Waals surface area contributed by atoms with Crippen LogP contribution in [0.15, 0.2) is 42.5 Å². The lowest BCUT2D eigenvalue weighted by molar-refractivity contribution is -0.384. The topological polar surface area (TPSA) is 102 Å². The van der Waals surface area contributed by atoms with Gasteiger partial charge in [0.05, 0.1) is 29.3 Å². The molecular formula is C23H27N3O5. The monoisotopic (exact) mass is 425 g/mol. The summed E-state index contributed by atoms with van der Waals surface area (Å²) in [6.07, 6.45) is 2.47. The number of amides is 2. The van der Waals surface area contributed by atoms with Crippen LogP contribution in [-0.2, 0) is 0 Å². The highest BCUT2D eigenvalue weighted by Gasteiger charge is 2.41. The Morgan fingerprint density at radius 3 is 2.45 bits per heavy atom. The number of hydrogen-bond donors (Lipinski definition) is 1. The molecule has 0 aliphatic carbocycles. The smallest absolute Gasteiger partial charge is 0.270 e. The average molecular weight is 425 g/mol. The molecule has 0 saturated heterocycles. The molecule has 0 radical (unpaired) electrons. The molecule has 2 unspecified atom stereocenters. The van der Waals surface area contributed by atoms with Crippen molar-refractivity contribution in [2.75, 3.05) is 7.11 Å². The van der Waals surface area contributed by atoms with Gasteiger partial charge in [0.2, 0.25) is 0 Å². The number of carbonyl (C=O) groups excluding carboxylic acids is 2. The zero-order chi connectivity index (χ0) is 22.5. The first kappa shape index (κ1) is 22.4. The Bertz CT molecular complexity index is 991. The number of nitro benzene ring substituents is 1. The highest BCUT2D eigenvalue weighted by atomic mass is 16.6. The Morgan fingerprint density at radius 1 is 1.10 bits per heavy atom. The summed E-state index contributed by atoms with van der Waals surface area (Å²) >= 11 is 0. The molecule has 1 aliphatic heterocycles. The zero-order valence-electron chi connectivity index (χ0n) is 18.0. The molecular weight excluding hydrogens is 398 g/mol. The van der Waals surface area contributed by atoms with E-state index in [1.54, 1.807) is 7.11 Å². The summed E-state index contributed by atoms with van der Waals surface area (Å²) in [5.74, 6) is -0.209. The molecule has 2 atom stereocenters. The van der Waals surface area contributed by atoms with Gasteiger partial charge in [-0.3, -0.25) is 29.9 Å². The molecule has 0 fully saturated rings. The first-order valence-corrected chi connectivity index (χ1v) is 10.5. The Kier molecular flexibility index (Phi) is 7.02. The van der Waals surface area contributed by atoms with Gasteiger partial charge in [-0.05, 0) is 25.0 Å². The van der Waals surface area contributed by atoms with Crippen molar-refractivity contribution in [2.24, 2.45) is 0 Å². The Balaban J connectivity index is 1.94. The number of fused-ring (bicyclic) bond motifs is 1. The third-order valence-electron chi connectivity index (χ3n) is 5.57. The molecule has 0 saturated carbocycles. The van der Waals surface area contributed by atoms with E-state index in [9.17, 15) is 19.7 Å². The predicted molar refractivity (Wildman–Crippen MR) is 116 cm³/mol. The van der Waals surface area contributed by atoms with Gasteiger partial charge in [-0.1, -0.05) is 44.9 Å². The molecule has 2 amide bonds. The molecule has 0 aromatic heterocycles. The van der Waals surface area contributed by atoms with Crippen molar-refractivity contribution in [3.05, 3.63) is 69.3 Å². The van der Waals surface area contributed by atoms with Crippen LogP contribution in [-0.4, -0.2) is 34.9 Å². The number of benzene rings is 2. The van der Waals surface area contributed by atoms with Crippen LogP contribution in [0.3, 0.4) is 0 Å². The largest absolute Gasteiger partial charge is 0.496 e. The lowest BCUT2D eigenvalue weighted by Crippen LogP contribution is -2.49. The number of imide groups is 1. The van der Waals surface area contributed by atoms with Gasteiger partial charge >= 0.3 is 0 Å². The minimum atomic E-state index is -0.567. The van der Waals surface area contributed by atoms with Crippen LogP contribution in [0, 0.1) is 10.1 Å². The number of methoxy groups -OCH3 is 1. The van der Waals surface area contributed by atoms with Crippen LogP contribution >= 0.6 is 0 Å². The van der Waals surface area contributed by atoms with E-state index in [1.165, 1.54) is 23.1 Å². The SMILES string of the molecule is CCCCC(NC(CC)c1ccccc1OC)N1C(=O)c2ccc([N+](=O)[O-])cc2C1=O. The maximum atomic E-state index is 13.1. The minimum absolute atomic E-state index is 0.0767. The molecule has 3 rings (SSSR count). The number of nitrogens with zero attached hydrogens (tertiary/aromatic N) is 2. The lowest BCUT2D eigenvalue weighted by atomic mass is 10.0. The maximum absolute atomic E-state index is 13.1. The zero-order valence-corrected chi connectivity index (χ0v) is 18.0. The number of non-ortho nitro benzene ring substituents is 1. The molecule has 8 heteroatoms. The van der Waals surface area contributed by atoms with Gasteiger partial charge in [0, 0.05) is 23.7 Å². The lowest BCUT2D eigenvalue weighted by Gasteiger charge is -2.32. The number of rotatable bonds is 10. The van der Waals surface area contributed by atoms with Gasteiger partial charge in [0.1, 0.15) is 5.75 Å². The summed E-state index contributed by atoms with van der Waals surface area (Å²) in [4.78, 5) is 38.0. The molecule has 0 spiro atoms. The van der Waals surface area contributed by atoms with Crippen molar-refractivity contribution in [1.82, 2.24) is 10.2 Å². The fraction of sp³-hybridized carbons (Fsp3) is 0.391. The Morgan fingerprint density at radius 2 is 1.81 bits per heavy atom. The summed E-state index contributed by atoms with van der Waals surface area (Å²) in [5.41, 5.74) is 1.01. The molecule has 1 heterocycles. The first-order valence-electron chi connectivity index (χ1n) is 10.5. The van der Waals surface area contributed by atoms with Gasteiger partial charge in [-0.25, -0.2) is 0 Å². The average Bonchev–Trinajstić information content (AvgIpc) is 3.03. The molecule has 1 aliphatic rings. The van der Waals surface area contributed by atoms with E-state index in [-0.39, 0.29) is 22.9 Å². The fourth-order valence-electron chi connectivity index (χ4n) is 3.94. The normalized spacial score (nSPS) is 15.0. The second-order valence-electron chi connectivity index (χ2n) is 7.49. The van der Waals surface area contributed by atoms with Crippen LogP contribution in [0.5, 0.6) is 5.75 Å². The van der Waals surface area contributed by atoms with Crippen molar-refractivity contribution in [3.8, 4) is 5.75 Å². The van der Waals surface area contributed by atoms with E-state index in [4.69, 9.17) is 4.74 Å². The molecule has 164 valence electrons. The minimum Gasteiger partial charge on any atom is -0.496 e. The van der Waals surface area contributed by atoms with Gasteiger partial charge in [-0.2, -0.15) is 0 Å². The Hall–Kier alpha value is -3.26. The highest BCUT2D eigenvalue weighted by Crippen LogP contribution is 2.32. The number of unbranched alkanes of at least 4 members (excludes halogenated alkanes) is 1. The number of ether oxygens (including phenoxy) is 1. The van der Waals surface area contributed by atoms with Gasteiger partial charge in [0.15, 0.2) is 0 Å². The van der Waals surface area contributed by atoms with E-state index in [2.05, 4.69) is 5.32 Å². The van der Waals surface area contributed by atoms with Crippen molar-refractivity contribution >= 4 is 17.5 Å². The first-order chi connectivity index (χ1) is 14.9. The number of para-hydroxylation sites is 1. The van der Waals surface area contributed by atoms with Crippen LogP contribution in [0.1, 0.15) is 71.9 Å². The summed E-state index contributed by atoms with van der Waals surface area (Å²) in [7, 11) is 1.61. The standard InChI is InChI=1S/C23H27N3O5/c1-4-6-11-21(24-19(5-2)17-9-7-8-10-20(17)31-3)25-22(27)16-13-12-15(26(29)30)14-18(16)23(25)28/h7-10,12-14,19,21,24H,4-6,11H2,1-3H3. The molecule has 8 nitrogen and oxygen atoms in total. The van der Waals surface area contributed by atoms with Crippen molar-refractivity contribution in [1.29, 1.82) is 0 Å². The quantitative estimate of drug-likeness (QED) is 0.343.